The van der Waals surface area contributed by atoms with Gasteiger partial charge in [-0.25, -0.2) is 9.97 Å². The van der Waals surface area contributed by atoms with Gasteiger partial charge in [0.1, 0.15) is 6.33 Å². The van der Waals surface area contributed by atoms with Crippen molar-refractivity contribution in [1.82, 2.24) is 9.97 Å². The molecule has 0 bridgehead atoms. The SMILES string of the molecule is Cc1ncncc1N1CCC(C(C)C)CC1. The number of anilines is 1. The van der Waals surface area contributed by atoms with E-state index in [9.17, 15) is 0 Å². The van der Waals surface area contributed by atoms with Crippen molar-refractivity contribution >= 4 is 5.69 Å². The topological polar surface area (TPSA) is 29.0 Å². The van der Waals surface area contributed by atoms with Crippen LogP contribution in [0.2, 0.25) is 0 Å². The molecule has 88 valence electrons. The molecule has 0 aromatic carbocycles. The lowest BCUT2D eigenvalue weighted by Gasteiger charge is -2.35. The van der Waals surface area contributed by atoms with E-state index >= 15 is 0 Å². The van der Waals surface area contributed by atoms with Gasteiger partial charge in [0, 0.05) is 13.1 Å². The fourth-order valence-electron chi connectivity index (χ4n) is 2.50. The molecule has 2 rings (SSSR count). The Hall–Kier alpha value is -1.12. The van der Waals surface area contributed by atoms with E-state index in [2.05, 4.69) is 35.6 Å². The van der Waals surface area contributed by atoms with Crippen molar-refractivity contribution in [3.8, 4) is 0 Å². The second-order valence-corrected chi connectivity index (χ2v) is 5.06. The minimum Gasteiger partial charge on any atom is -0.369 e. The smallest absolute Gasteiger partial charge is 0.115 e. The van der Waals surface area contributed by atoms with Gasteiger partial charge in [0.05, 0.1) is 17.6 Å². The summed E-state index contributed by atoms with van der Waals surface area (Å²) in [7, 11) is 0. The Morgan fingerprint density at radius 3 is 2.56 bits per heavy atom. The van der Waals surface area contributed by atoms with Crippen molar-refractivity contribution in [2.75, 3.05) is 18.0 Å². The van der Waals surface area contributed by atoms with E-state index in [1.54, 1.807) is 6.33 Å². The van der Waals surface area contributed by atoms with Crippen molar-refractivity contribution in [2.24, 2.45) is 11.8 Å². The quantitative estimate of drug-likeness (QED) is 0.765. The largest absolute Gasteiger partial charge is 0.369 e. The molecule has 0 amide bonds. The van der Waals surface area contributed by atoms with Crippen molar-refractivity contribution in [1.29, 1.82) is 0 Å². The van der Waals surface area contributed by atoms with E-state index < -0.39 is 0 Å². The molecule has 1 aromatic rings. The van der Waals surface area contributed by atoms with Crippen molar-refractivity contribution in [3.63, 3.8) is 0 Å². The molecule has 0 radical (unpaired) electrons. The van der Waals surface area contributed by atoms with E-state index in [0.29, 0.717) is 0 Å². The lowest BCUT2D eigenvalue weighted by molar-refractivity contribution is 0.311. The van der Waals surface area contributed by atoms with Gasteiger partial charge in [-0.3, -0.25) is 0 Å². The third-order valence-electron chi connectivity index (χ3n) is 3.71. The molecule has 16 heavy (non-hydrogen) atoms. The van der Waals surface area contributed by atoms with Gasteiger partial charge in [-0.1, -0.05) is 13.8 Å². The Bertz CT molecular complexity index is 341. The van der Waals surface area contributed by atoms with Crippen LogP contribution < -0.4 is 4.90 Å². The van der Waals surface area contributed by atoms with Crippen molar-refractivity contribution in [3.05, 3.63) is 18.2 Å². The molecule has 2 heterocycles. The first kappa shape index (κ1) is 11.4. The fourth-order valence-corrected chi connectivity index (χ4v) is 2.50. The molecule has 0 spiro atoms. The number of hydrogen-bond donors (Lipinski definition) is 0. The van der Waals surface area contributed by atoms with Gasteiger partial charge < -0.3 is 4.90 Å². The molecular weight excluding hydrogens is 198 g/mol. The molecule has 0 aliphatic carbocycles. The summed E-state index contributed by atoms with van der Waals surface area (Å²) in [5.74, 6) is 1.71. The third-order valence-corrected chi connectivity index (χ3v) is 3.71. The first-order valence-corrected chi connectivity index (χ1v) is 6.20. The molecule has 1 aromatic heterocycles. The van der Waals surface area contributed by atoms with E-state index in [0.717, 1.165) is 30.6 Å². The Balaban J connectivity index is 2.02. The fraction of sp³-hybridized carbons (Fsp3) is 0.692. The average Bonchev–Trinajstić information content (AvgIpc) is 2.30. The molecule has 0 N–H and O–H groups in total. The minimum absolute atomic E-state index is 0.815. The van der Waals surface area contributed by atoms with Crippen LogP contribution in [-0.4, -0.2) is 23.1 Å². The second-order valence-electron chi connectivity index (χ2n) is 5.06. The summed E-state index contributed by atoms with van der Waals surface area (Å²) in [6.07, 6.45) is 6.16. The number of rotatable bonds is 2. The Labute approximate surface area is 97.9 Å². The molecule has 0 unspecified atom stereocenters. The summed E-state index contributed by atoms with van der Waals surface area (Å²) in [6, 6.07) is 0. The highest BCUT2D eigenvalue weighted by molar-refractivity contribution is 5.48. The van der Waals surface area contributed by atoms with Crippen LogP contribution in [0.5, 0.6) is 0 Å². The molecule has 1 fully saturated rings. The van der Waals surface area contributed by atoms with Gasteiger partial charge in [0.2, 0.25) is 0 Å². The van der Waals surface area contributed by atoms with Gasteiger partial charge >= 0.3 is 0 Å². The lowest BCUT2D eigenvalue weighted by atomic mass is 9.86. The molecule has 1 aliphatic rings. The average molecular weight is 219 g/mol. The molecule has 1 saturated heterocycles. The zero-order chi connectivity index (χ0) is 11.5. The summed E-state index contributed by atoms with van der Waals surface area (Å²) in [5, 5.41) is 0. The van der Waals surface area contributed by atoms with E-state index in [4.69, 9.17) is 0 Å². The first-order chi connectivity index (χ1) is 7.68. The number of piperidine rings is 1. The number of nitrogens with zero attached hydrogens (tertiary/aromatic N) is 3. The predicted molar refractivity (Wildman–Crippen MR) is 66.5 cm³/mol. The lowest BCUT2D eigenvalue weighted by Crippen LogP contribution is -2.35. The number of aryl methyl sites for hydroxylation is 1. The van der Waals surface area contributed by atoms with Gasteiger partial charge in [-0.15, -0.1) is 0 Å². The maximum atomic E-state index is 4.26. The monoisotopic (exact) mass is 219 g/mol. The van der Waals surface area contributed by atoms with Crippen LogP contribution in [0.3, 0.4) is 0 Å². The summed E-state index contributed by atoms with van der Waals surface area (Å²) >= 11 is 0. The zero-order valence-electron chi connectivity index (χ0n) is 10.5. The van der Waals surface area contributed by atoms with Crippen molar-refractivity contribution in [2.45, 2.75) is 33.6 Å². The highest BCUT2D eigenvalue weighted by Gasteiger charge is 2.22. The first-order valence-electron chi connectivity index (χ1n) is 6.20. The van der Waals surface area contributed by atoms with Crippen molar-refractivity contribution < 1.29 is 0 Å². The van der Waals surface area contributed by atoms with Gasteiger partial charge in [0.15, 0.2) is 0 Å². The third kappa shape index (κ3) is 2.34. The van der Waals surface area contributed by atoms with Crippen LogP contribution >= 0.6 is 0 Å². The Morgan fingerprint density at radius 1 is 1.31 bits per heavy atom. The Morgan fingerprint density at radius 2 is 2.00 bits per heavy atom. The summed E-state index contributed by atoms with van der Waals surface area (Å²) in [4.78, 5) is 10.8. The minimum atomic E-state index is 0.815. The second kappa shape index (κ2) is 4.81. The van der Waals surface area contributed by atoms with E-state index in [1.165, 1.54) is 18.5 Å². The number of hydrogen-bond acceptors (Lipinski definition) is 3. The normalized spacial score (nSPS) is 18.1. The predicted octanol–water partition coefficient (Wildman–Crippen LogP) is 2.66. The molecule has 3 heteroatoms. The highest BCUT2D eigenvalue weighted by atomic mass is 15.2. The molecule has 1 aliphatic heterocycles. The summed E-state index contributed by atoms with van der Waals surface area (Å²) in [6.45, 7) is 9.02. The summed E-state index contributed by atoms with van der Waals surface area (Å²) in [5.41, 5.74) is 2.31. The van der Waals surface area contributed by atoms with Crippen LogP contribution in [0.25, 0.3) is 0 Å². The molecule has 0 saturated carbocycles. The Kier molecular flexibility index (Phi) is 3.42. The van der Waals surface area contributed by atoms with E-state index in [-0.39, 0.29) is 0 Å². The molecule has 3 nitrogen and oxygen atoms in total. The van der Waals surface area contributed by atoms with E-state index in [1.807, 2.05) is 6.20 Å². The van der Waals surface area contributed by atoms with Crippen LogP contribution in [0.15, 0.2) is 12.5 Å². The maximum Gasteiger partial charge on any atom is 0.115 e. The van der Waals surface area contributed by atoms with Crippen LogP contribution in [0.1, 0.15) is 32.4 Å². The van der Waals surface area contributed by atoms with Gasteiger partial charge in [-0.2, -0.15) is 0 Å². The standard InChI is InChI=1S/C13H21N3/c1-10(2)12-4-6-16(7-5-12)13-8-14-9-15-11(13)3/h8-10,12H,4-7H2,1-3H3. The molecule has 0 atom stereocenters. The molecular formula is C13H21N3. The van der Waals surface area contributed by atoms with Crippen LogP contribution in [-0.2, 0) is 0 Å². The zero-order valence-corrected chi connectivity index (χ0v) is 10.5. The van der Waals surface area contributed by atoms with Crippen LogP contribution in [0, 0.1) is 18.8 Å². The highest BCUT2D eigenvalue weighted by Crippen LogP contribution is 2.28. The maximum absolute atomic E-state index is 4.26. The summed E-state index contributed by atoms with van der Waals surface area (Å²) < 4.78 is 0. The van der Waals surface area contributed by atoms with Gasteiger partial charge in [-0.05, 0) is 31.6 Å². The van der Waals surface area contributed by atoms with Gasteiger partial charge in [0.25, 0.3) is 0 Å². The van der Waals surface area contributed by atoms with Crippen LogP contribution in [0.4, 0.5) is 5.69 Å². The number of aromatic nitrogens is 2.